The molecule has 0 spiro atoms. The lowest BCUT2D eigenvalue weighted by molar-refractivity contribution is -0.152. The van der Waals surface area contributed by atoms with Crippen LogP contribution in [0.2, 0.25) is 0 Å². The third kappa shape index (κ3) is 4.11. The fourth-order valence-corrected chi connectivity index (χ4v) is 3.31. The van der Waals surface area contributed by atoms with Crippen molar-refractivity contribution in [1.82, 2.24) is 10.2 Å². The molecular formula is C19H23N3O3. The molecule has 6 heteroatoms. The van der Waals surface area contributed by atoms with Gasteiger partial charge in [-0.05, 0) is 44.1 Å². The van der Waals surface area contributed by atoms with Gasteiger partial charge in [0.25, 0.3) is 5.91 Å². The first-order chi connectivity index (χ1) is 12.1. The monoisotopic (exact) mass is 341 g/mol. The zero-order valence-corrected chi connectivity index (χ0v) is 14.2. The first kappa shape index (κ1) is 17.3. The van der Waals surface area contributed by atoms with Gasteiger partial charge in [0.2, 0.25) is 0 Å². The first-order valence-electron chi connectivity index (χ1n) is 8.89. The molecule has 0 bridgehead atoms. The van der Waals surface area contributed by atoms with E-state index in [9.17, 15) is 14.9 Å². The molecule has 0 aromatic heterocycles. The van der Waals surface area contributed by atoms with Gasteiger partial charge in [0.15, 0.2) is 11.8 Å². The molecule has 0 unspecified atom stereocenters. The third-order valence-corrected chi connectivity index (χ3v) is 4.86. The summed E-state index contributed by atoms with van der Waals surface area (Å²) in [5.41, 5.74) is -0.239. The number of carbonyl (C=O) groups is 2. The molecule has 2 saturated carbocycles. The van der Waals surface area contributed by atoms with Crippen LogP contribution in [0, 0.1) is 11.5 Å². The Kier molecular flexibility index (Phi) is 5.22. The van der Waals surface area contributed by atoms with Crippen molar-refractivity contribution in [2.75, 3.05) is 0 Å². The number of rotatable bonds is 5. The van der Waals surface area contributed by atoms with Crippen LogP contribution in [0.5, 0.6) is 0 Å². The molecule has 3 rings (SSSR count). The molecule has 0 heterocycles. The fraction of sp³-hybridized carbons (Fsp3) is 0.526. The molecule has 1 N–H and O–H groups in total. The zero-order chi connectivity index (χ0) is 17.7. The molecule has 2 aliphatic rings. The van der Waals surface area contributed by atoms with Gasteiger partial charge in [-0.1, -0.05) is 36.8 Å². The summed E-state index contributed by atoms with van der Waals surface area (Å²) >= 11 is 0. The lowest BCUT2D eigenvalue weighted by Crippen LogP contribution is -2.53. The number of ether oxygens (including phenoxy) is 1. The van der Waals surface area contributed by atoms with E-state index in [0.717, 1.165) is 37.7 Å². The summed E-state index contributed by atoms with van der Waals surface area (Å²) in [5, 5.41) is 12.0. The van der Waals surface area contributed by atoms with E-state index in [1.54, 1.807) is 0 Å². The highest BCUT2D eigenvalue weighted by molar-refractivity contribution is 5.89. The van der Waals surface area contributed by atoms with Crippen LogP contribution in [-0.2, 0) is 16.1 Å². The number of alkyl carbamates (subject to hydrolysis) is 1. The summed E-state index contributed by atoms with van der Waals surface area (Å²) in [6, 6.07) is 9.50. The van der Waals surface area contributed by atoms with E-state index in [0.29, 0.717) is 19.4 Å². The van der Waals surface area contributed by atoms with Crippen LogP contribution in [-0.4, -0.2) is 28.5 Å². The number of amides is 2. The molecule has 0 radical (unpaired) electrons. The van der Waals surface area contributed by atoms with E-state index in [1.807, 2.05) is 36.5 Å². The molecule has 132 valence electrons. The summed E-state index contributed by atoms with van der Waals surface area (Å²) in [6.07, 6.45) is 6.69. The van der Waals surface area contributed by atoms with E-state index in [4.69, 9.17) is 4.74 Å². The van der Waals surface area contributed by atoms with E-state index < -0.39 is 11.7 Å². The van der Waals surface area contributed by atoms with Crippen LogP contribution in [0.4, 0.5) is 4.79 Å². The second kappa shape index (κ2) is 7.56. The predicted octanol–water partition coefficient (Wildman–Crippen LogP) is 3.09. The number of hydrogen-bond acceptors (Lipinski definition) is 4. The highest BCUT2D eigenvalue weighted by Gasteiger charge is 2.49. The van der Waals surface area contributed by atoms with Crippen molar-refractivity contribution in [3.05, 3.63) is 35.9 Å². The van der Waals surface area contributed by atoms with Crippen molar-refractivity contribution in [1.29, 1.82) is 5.26 Å². The summed E-state index contributed by atoms with van der Waals surface area (Å²) in [6.45, 7) is 0.342. The summed E-state index contributed by atoms with van der Waals surface area (Å²) in [5.74, 6) is -0.355. The van der Waals surface area contributed by atoms with Gasteiger partial charge in [-0.25, -0.2) is 9.69 Å². The molecule has 1 aromatic rings. The second-order valence-electron chi connectivity index (χ2n) is 6.79. The topological polar surface area (TPSA) is 82.4 Å². The Morgan fingerprint density at radius 3 is 2.48 bits per heavy atom. The lowest BCUT2D eigenvalue weighted by atomic mass is 9.83. The molecule has 0 aliphatic heterocycles. The maximum Gasteiger partial charge on any atom is 0.408 e. The summed E-state index contributed by atoms with van der Waals surface area (Å²) in [7, 11) is 0. The quantitative estimate of drug-likeness (QED) is 0.659. The lowest BCUT2D eigenvalue weighted by Gasteiger charge is -2.36. The molecule has 0 atom stereocenters. The van der Waals surface area contributed by atoms with Crippen LogP contribution in [0.15, 0.2) is 30.3 Å². The average molecular weight is 341 g/mol. The molecule has 6 nitrogen and oxygen atoms in total. The Bertz CT molecular complexity index is 658. The second-order valence-corrected chi connectivity index (χ2v) is 6.79. The molecule has 2 amide bonds. The smallest absolute Gasteiger partial charge is 0.408 e. The first-order valence-corrected chi connectivity index (χ1v) is 8.89. The summed E-state index contributed by atoms with van der Waals surface area (Å²) in [4.78, 5) is 26.5. The van der Waals surface area contributed by atoms with Crippen molar-refractivity contribution in [2.24, 2.45) is 0 Å². The maximum absolute atomic E-state index is 12.9. The highest BCUT2D eigenvalue weighted by Crippen LogP contribution is 2.37. The molecular weight excluding hydrogens is 318 g/mol. The highest BCUT2D eigenvalue weighted by atomic mass is 16.6. The van der Waals surface area contributed by atoms with Crippen LogP contribution in [0.25, 0.3) is 0 Å². The SMILES string of the molecule is N#CN(C(=O)C1(OC(=O)NCc2ccccc2)CCCCC1)C1CC1. The van der Waals surface area contributed by atoms with Crippen LogP contribution in [0.1, 0.15) is 50.5 Å². The van der Waals surface area contributed by atoms with Crippen molar-refractivity contribution >= 4 is 12.0 Å². The van der Waals surface area contributed by atoms with Crippen LogP contribution in [0.3, 0.4) is 0 Å². The Morgan fingerprint density at radius 1 is 1.20 bits per heavy atom. The Labute approximate surface area is 147 Å². The minimum absolute atomic E-state index is 0.0210. The van der Waals surface area contributed by atoms with Gasteiger partial charge in [0.1, 0.15) is 0 Å². The standard InChI is InChI=1S/C19H23N3O3/c20-14-22(16-9-10-16)17(23)19(11-5-2-6-12-19)25-18(24)21-13-15-7-3-1-4-8-15/h1,3-4,7-8,16H,2,5-6,9-13H2,(H,21,24). The zero-order valence-electron chi connectivity index (χ0n) is 14.2. The minimum atomic E-state index is -1.20. The number of benzene rings is 1. The molecule has 2 aliphatic carbocycles. The van der Waals surface area contributed by atoms with Crippen molar-refractivity contribution < 1.29 is 14.3 Å². The van der Waals surface area contributed by atoms with Gasteiger partial charge in [-0.15, -0.1) is 0 Å². The number of nitrogens with zero attached hydrogens (tertiary/aromatic N) is 2. The average Bonchev–Trinajstić information content (AvgIpc) is 3.47. The van der Waals surface area contributed by atoms with Gasteiger partial charge in [0, 0.05) is 12.6 Å². The molecule has 25 heavy (non-hydrogen) atoms. The van der Waals surface area contributed by atoms with Gasteiger partial charge in [-0.3, -0.25) is 4.79 Å². The van der Waals surface area contributed by atoms with Gasteiger partial charge in [-0.2, -0.15) is 5.26 Å². The van der Waals surface area contributed by atoms with Crippen LogP contribution < -0.4 is 5.32 Å². The molecule has 2 fully saturated rings. The fourth-order valence-electron chi connectivity index (χ4n) is 3.31. The maximum atomic E-state index is 12.9. The third-order valence-electron chi connectivity index (χ3n) is 4.86. The number of nitrogens with one attached hydrogen (secondary N) is 1. The van der Waals surface area contributed by atoms with E-state index in [2.05, 4.69) is 5.32 Å². The minimum Gasteiger partial charge on any atom is -0.433 e. The molecule has 1 aromatic carbocycles. The van der Waals surface area contributed by atoms with Gasteiger partial charge < -0.3 is 10.1 Å². The Morgan fingerprint density at radius 2 is 1.88 bits per heavy atom. The van der Waals surface area contributed by atoms with Crippen molar-refractivity contribution in [2.45, 2.75) is 63.1 Å². The predicted molar refractivity (Wildman–Crippen MR) is 91.1 cm³/mol. The van der Waals surface area contributed by atoms with Crippen molar-refractivity contribution in [3.8, 4) is 6.19 Å². The van der Waals surface area contributed by atoms with E-state index >= 15 is 0 Å². The number of nitriles is 1. The molecule has 0 saturated heterocycles. The van der Waals surface area contributed by atoms with Gasteiger partial charge >= 0.3 is 6.09 Å². The van der Waals surface area contributed by atoms with Gasteiger partial charge in [0.05, 0.1) is 0 Å². The van der Waals surface area contributed by atoms with Crippen molar-refractivity contribution in [3.63, 3.8) is 0 Å². The Balaban J connectivity index is 1.66. The number of hydrogen-bond donors (Lipinski definition) is 1. The summed E-state index contributed by atoms with van der Waals surface area (Å²) < 4.78 is 5.63. The Hall–Kier alpha value is -2.55. The largest absolute Gasteiger partial charge is 0.433 e. The van der Waals surface area contributed by atoms with E-state index in [1.165, 1.54) is 4.90 Å². The van der Waals surface area contributed by atoms with E-state index in [-0.39, 0.29) is 11.9 Å². The number of carbonyl (C=O) groups excluding carboxylic acids is 2. The normalized spacial score (nSPS) is 18.7. The van der Waals surface area contributed by atoms with Crippen LogP contribution >= 0.6 is 0 Å².